The van der Waals surface area contributed by atoms with Crippen molar-refractivity contribution in [2.45, 2.75) is 26.9 Å². The summed E-state index contributed by atoms with van der Waals surface area (Å²) in [5, 5.41) is 3.07. The minimum Gasteiger partial charge on any atom is -0.370 e. The zero-order valence-electron chi connectivity index (χ0n) is 13.5. The first-order chi connectivity index (χ1) is 11.0. The molecular weight excluding hydrogens is 286 g/mol. The predicted octanol–water partition coefficient (Wildman–Crippen LogP) is 3.25. The maximum absolute atomic E-state index is 6.00. The van der Waals surface area contributed by atoms with Gasteiger partial charge in [0.1, 0.15) is 0 Å². The van der Waals surface area contributed by atoms with Crippen molar-refractivity contribution in [2.75, 3.05) is 5.32 Å². The third-order valence-electron chi connectivity index (χ3n) is 4.50. The first kappa shape index (κ1) is 13.8. The number of rotatable bonds is 1. The van der Waals surface area contributed by atoms with Crippen LogP contribution in [0.15, 0.2) is 41.4 Å². The van der Waals surface area contributed by atoms with Crippen molar-refractivity contribution in [1.82, 2.24) is 9.55 Å². The molecule has 0 radical (unpaired) electrons. The predicted molar refractivity (Wildman–Crippen MR) is 93.8 cm³/mol. The van der Waals surface area contributed by atoms with Crippen LogP contribution in [-0.2, 0) is 0 Å². The minimum absolute atomic E-state index is 0.196. The topological polar surface area (TPSA) is 68.2 Å². The number of imidazole rings is 1. The number of nitrogens with one attached hydrogen (secondary N) is 1. The van der Waals surface area contributed by atoms with Crippen molar-refractivity contribution in [2.24, 2.45) is 10.7 Å². The second-order valence-corrected chi connectivity index (χ2v) is 6.10. The number of nitrogens with two attached hydrogens (primary N) is 1. The Bertz CT molecular complexity index is 951. The zero-order chi connectivity index (χ0) is 16.1. The van der Waals surface area contributed by atoms with Gasteiger partial charge in [-0.25, -0.2) is 9.98 Å². The molecule has 5 nitrogen and oxygen atoms in total. The fourth-order valence-electron chi connectivity index (χ4n) is 3.19. The van der Waals surface area contributed by atoms with Crippen LogP contribution in [0.5, 0.6) is 0 Å². The first-order valence-corrected chi connectivity index (χ1v) is 7.69. The van der Waals surface area contributed by atoms with Gasteiger partial charge in [0.2, 0.25) is 5.95 Å². The smallest absolute Gasteiger partial charge is 0.212 e. The van der Waals surface area contributed by atoms with Crippen LogP contribution in [0.4, 0.5) is 5.95 Å². The molecule has 0 aliphatic carbocycles. The van der Waals surface area contributed by atoms with Gasteiger partial charge in [0, 0.05) is 5.56 Å². The summed E-state index contributed by atoms with van der Waals surface area (Å²) in [5.74, 6) is 1.14. The lowest BCUT2D eigenvalue weighted by atomic mass is 9.98. The van der Waals surface area contributed by atoms with E-state index in [9.17, 15) is 0 Å². The van der Waals surface area contributed by atoms with Gasteiger partial charge in [-0.1, -0.05) is 24.3 Å². The minimum atomic E-state index is -0.196. The lowest BCUT2D eigenvalue weighted by molar-refractivity contribution is 0.622. The molecule has 4 rings (SSSR count). The summed E-state index contributed by atoms with van der Waals surface area (Å²) in [6, 6.07) is 12.5. The van der Waals surface area contributed by atoms with Crippen molar-refractivity contribution in [3.05, 3.63) is 58.7 Å². The highest BCUT2D eigenvalue weighted by Gasteiger charge is 2.26. The number of nitrogens with zero attached hydrogens (tertiary/aromatic N) is 3. The van der Waals surface area contributed by atoms with E-state index in [4.69, 9.17) is 5.73 Å². The molecule has 0 saturated heterocycles. The molecular formula is C18H19N5. The maximum Gasteiger partial charge on any atom is 0.212 e. The van der Waals surface area contributed by atoms with Crippen molar-refractivity contribution >= 4 is 22.9 Å². The fourth-order valence-corrected chi connectivity index (χ4v) is 3.19. The SMILES string of the molecule is Cc1cc(C)c(C2N=C(N)Nc3nc4ccccc4n32)cc1C. The van der Waals surface area contributed by atoms with E-state index in [0.717, 1.165) is 22.5 Å². The summed E-state index contributed by atoms with van der Waals surface area (Å²) in [7, 11) is 0. The van der Waals surface area contributed by atoms with Crippen LogP contribution in [0.2, 0.25) is 0 Å². The highest BCUT2D eigenvalue weighted by Crippen LogP contribution is 2.34. The highest BCUT2D eigenvalue weighted by atomic mass is 15.4. The van der Waals surface area contributed by atoms with Crippen LogP contribution in [0, 0.1) is 20.8 Å². The number of fused-ring (bicyclic) bond motifs is 3. The number of hydrogen-bond donors (Lipinski definition) is 2. The molecule has 2 heterocycles. The third kappa shape index (κ3) is 2.08. The van der Waals surface area contributed by atoms with Crippen LogP contribution in [-0.4, -0.2) is 15.5 Å². The van der Waals surface area contributed by atoms with Crippen LogP contribution < -0.4 is 11.1 Å². The van der Waals surface area contributed by atoms with Gasteiger partial charge in [-0.05, 0) is 49.6 Å². The summed E-state index contributed by atoms with van der Waals surface area (Å²) in [6.07, 6.45) is -0.196. The molecule has 0 bridgehead atoms. The van der Waals surface area contributed by atoms with Gasteiger partial charge < -0.3 is 5.73 Å². The molecule has 0 spiro atoms. The molecule has 1 aliphatic rings. The molecule has 3 N–H and O–H groups in total. The Kier molecular flexibility index (Phi) is 2.91. The summed E-state index contributed by atoms with van der Waals surface area (Å²) in [4.78, 5) is 9.29. The normalized spacial score (nSPS) is 16.8. The van der Waals surface area contributed by atoms with E-state index in [1.807, 2.05) is 18.2 Å². The Morgan fingerprint density at radius 2 is 1.78 bits per heavy atom. The average molecular weight is 305 g/mol. The Labute approximate surface area is 134 Å². The van der Waals surface area contributed by atoms with Gasteiger partial charge in [-0.15, -0.1) is 0 Å². The van der Waals surface area contributed by atoms with Crippen molar-refractivity contribution in [3.63, 3.8) is 0 Å². The molecule has 3 aromatic rings. The van der Waals surface area contributed by atoms with Gasteiger partial charge >= 0.3 is 0 Å². The van der Waals surface area contributed by atoms with Crippen LogP contribution >= 0.6 is 0 Å². The molecule has 1 aromatic heterocycles. The lowest BCUT2D eigenvalue weighted by Crippen LogP contribution is -2.31. The van der Waals surface area contributed by atoms with Crippen molar-refractivity contribution in [3.8, 4) is 0 Å². The third-order valence-corrected chi connectivity index (χ3v) is 4.50. The number of para-hydroxylation sites is 2. The number of anilines is 1. The van der Waals surface area contributed by atoms with E-state index in [2.05, 4.69) is 58.8 Å². The maximum atomic E-state index is 6.00. The van der Waals surface area contributed by atoms with E-state index in [-0.39, 0.29) is 6.17 Å². The molecule has 1 unspecified atom stereocenters. The molecule has 0 fully saturated rings. The summed E-state index contributed by atoms with van der Waals surface area (Å²) >= 11 is 0. The second-order valence-electron chi connectivity index (χ2n) is 6.10. The van der Waals surface area contributed by atoms with Gasteiger partial charge in [0.05, 0.1) is 11.0 Å². The largest absolute Gasteiger partial charge is 0.370 e. The quantitative estimate of drug-likeness (QED) is 0.725. The van der Waals surface area contributed by atoms with Crippen LogP contribution in [0.25, 0.3) is 11.0 Å². The fraction of sp³-hybridized carbons (Fsp3) is 0.222. The Morgan fingerprint density at radius 3 is 2.61 bits per heavy atom. The standard InChI is InChI=1S/C18H19N5/c1-10-8-12(3)13(9-11(10)2)16-21-17(19)22-18-20-14-6-4-5-7-15(14)23(16)18/h4-9,16H,1-3H3,(H3,19,20,21,22). The highest BCUT2D eigenvalue weighted by molar-refractivity contribution is 5.94. The second kappa shape index (κ2) is 4.84. The molecule has 5 heteroatoms. The van der Waals surface area contributed by atoms with Crippen molar-refractivity contribution < 1.29 is 0 Å². The molecule has 1 aliphatic heterocycles. The Balaban J connectivity index is 1.99. The molecule has 2 aromatic carbocycles. The van der Waals surface area contributed by atoms with Gasteiger partial charge in [0.15, 0.2) is 12.1 Å². The molecule has 1 atom stereocenters. The van der Waals surface area contributed by atoms with Gasteiger partial charge in [-0.2, -0.15) is 0 Å². The Hall–Kier alpha value is -2.82. The number of aliphatic imine (C=N–C) groups is 1. The number of benzene rings is 2. The van der Waals surface area contributed by atoms with Gasteiger partial charge in [0.25, 0.3) is 0 Å². The van der Waals surface area contributed by atoms with E-state index < -0.39 is 0 Å². The lowest BCUT2D eigenvalue weighted by Gasteiger charge is -2.25. The van der Waals surface area contributed by atoms with Crippen LogP contribution in [0.1, 0.15) is 28.4 Å². The van der Waals surface area contributed by atoms with Crippen LogP contribution in [0.3, 0.4) is 0 Å². The average Bonchev–Trinajstić information content (AvgIpc) is 2.88. The number of guanidine groups is 1. The molecule has 116 valence electrons. The van der Waals surface area contributed by atoms with E-state index in [0.29, 0.717) is 5.96 Å². The zero-order valence-corrected chi connectivity index (χ0v) is 13.5. The molecule has 0 amide bonds. The summed E-state index contributed by atoms with van der Waals surface area (Å²) in [6.45, 7) is 6.37. The number of hydrogen-bond acceptors (Lipinski definition) is 4. The molecule has 23 heavy (non-hydrogen) atoms. The summed E-state index contributed by atoms with van der Waals surface area (Å²) < 4.78 is 2.11. The van der Waals surface area contributed by atoms with Crippen molar-refractivity contribution in [1.29, 1.82) is 0 Å². The molecule has 0 saturated carbocycles. The van der Waals surface area contributed by atoms with E-state index in [1.54, 1.807) is 0 Å². The number of aryl methyl sites for hydroxylation is 3. The first-order valence-electron chi connectivity index (χ1n) is 7.69. The Morgan fingerprint density at radius 1 is 1.04 bits per heavy atom. The van der Waals surface area contributed by atoms with E-state index in [1.165, 1.54) is 16.7 Å². The number of aromatic nitrogens is 2. The summed E-state index contributed by atoms with van der Waals surface area (Å²) in [5.41, 5.74) is 12.9. The monoisotopic (exact) mass is 305 g/mol. The van der Waals surface area contributed by atoms with E-state index >= 15 is 0 Å². The van der Waals surface area contributed by atoms with Gasteiger partial charge in [-0.3, -0.25) is 9.88 Å².